The van der Waals surface area contributed by atoms with E-state index in [4.69, 9.17) is 9.72 Å². The molecule has 0 saturated heterocycles. The van der Waals surface area contributed by atoms with Gasteiger partial charge in [0.05, 0.1) is 28.4 Å². The molecule has 1 amide bonds. The molecule has 0 bridgehead atoms. The van der Waals surface area contributed by atoms with Gasteiger partial charge in [-0.15, -0.1) is 0 Å². The van der Waals surface area contributed by atoms with Crippen LogP contribution in [0.2, 0.25) is 0 Å². The van der Waals surface area contributed by atoms with Gasteiger partial charge in [0.2, 0.25) is 5.91 Å². The summed E-state index contributed by atoms with van der Waals surface area (Å²) in [6, 6.07) is 22.2. The van der Waals surface area contributed by atoms with Gasteiger partial charge in [-0.2, -0.15) is 0 Å². The van der Waals surface area contributed by atoms with Gasteiger partial charge >= 0.3 is 0 Å². The Morgan fingerprint density at radius 3 is 2.58 bits per heavy atom. The Labute approximate surface area is 196 Å². The third-order valence-corrected chi connectivity index (χ3v) is 6.14. The van der Waals surface area contributed by atoms with Gasteiger partial charge in [0.1, 0.15) is 5.75 Å². The molecule has 1 atom stereocenters. The minimum Gasteiger partial charge on any atom is -0.494 e. The molecular formula is C26H25N3O3S. The van der Waals surface area contributed by atoms with Gasteiger partial charge in [0.15, 0.2) is 5.16 Å². The van der Waals surface area contributed by atoms with E-state index in [0.717, 1.165) is 17.0 Å². The molecule has 4 rings (SSSR count). The summed E-state index contributed by atoms with van der Waals surface area (Å²) in [6.45, 7) is 6.28. The predicted molar refractivity (Wildman–Crippen MR) is 134 cm³/mol. The monoisotopic (exact) mass is 459 g/mol. The summed E-state index contributed by atoms with van der Waals surface area (Å²) in [7, 11) is 0. The fraction of sp³-hybridized carbons (Fsp3) is 0.192. The summed E-state index contributed by atoms with van der Waals surface area (Å²) < 4.78 is 7.03. The molecule has 0 aliphatic carbocycles. The first kappa shape index (κ1) is 22.6. The maximum absolute atomic E-state index is 13.4. The Morgan fingerprint density at radius 1 is 1.09 bits per heavy atom. The summed E-state index contributed by atoms with van der Waals surface area (Å²) in [5.41, 5.74) is 2.88. The fourth-order valence-corrected chi connectivity index (χ4v) is 4.37. The number of anilines is 1. The third-order valence-electron chi connectivity index (χ3n) is 5.09. The lowest BCUT2D eigenvalue weighted by molar-refractivity contribution is -0.115. The highest BCUT2D eigenvalue weighted by Gasteiger charge is 2.20. The van der Waals surface area contributed by atoms with Crippen LogP contribution < -0.4 is 15.6 Å². The lowest BCUT2D eigenvalue weighted by Gasteiger charge is -2.17. The van der Waals surface area contributed by atoms with E-state index in [9.17, 15) is 9.59 Å². The number of thioether (sulfide) groups is 1. The van der Waals surface area contributed by atoms with Crippen LogP contribution in [0.3, 0.4) is 0 Å². The number of fused-ring (bicyclic) bond motifs is 1. The Kier molecular flexibility index (Phi) is 6.79. The first-order valence-corrected chi connectivity index (χ1v) is 11.6. The second-order valence-electron chi connectivity index (χ2n) is 7.60. The largest absolute Gasteiger partial charge is 0.494 e. The molecule has 0 spiro atoms. The van der Waals surface area contributed by atoms with Crippen molar-refractivity contribution in [3.63, 3.8) is 0 Å². The van der Waals surface area contributed by atoms with Gasteiger partial charge in [-0.05, 0) is 74.9 Å². The van der Waals surface area contributed by atoms with Crippen LogP contribution >= 0.6 is 11.8 Å². The Morgan fingerprint density at radius 2 is 1.85 bits per heavy atom. The normalized spacial score (nSPS) is 11.8. The molecule has 4 aromatic rings. The van der Waals surface area contributed by atoms with Crippen molar-refractivity contribution < 1.29 is 9.53 Å². The molecular weight excluding hydrogens is 434 g/mol. The molecule has 1 aromatic heterocycles. The van der Waals surface area contributed by atoms with Crippen molar-refractivity contribution in [1.29, 1.82) is 0 Å². The molecule has 3 aromatic carbocycles. The molecule has 168 valence electrons. The Hall–Kier alpha value is -3.58. The van der Waals surface area contributed by atoms with E-state index in [1.807, 2.05) is 68.4 Å². The molecule has 0 saturated carbocycles. The van der Waals surface area contributed by atoms with Gasteiger partial charge in [0, 0.05) is 5.69 Å². The maximum atomic E-state index is 13.4. The van der Waals surface area contributed by atoms with Crippen molar-refractivity contribution in [2.45, 2.75) is 31.2 Å². The van der Waals surface area contributed by atoms with Crippen molar-refractivity contribution >= 4 is 34.3 Å². The predicted octanol–water partition coefficient (Wildman–Crippen LogP) is 5.21. The average molecular weight is 460 g/mol. The van der Waals surface area contributed by atoms with E-state index < -0.39 is 5.25 Å². The lowest BCUT2D eigenvalue weighted by atomic mass is 10.2. The topological polar surface area (TPSA) is 73.2 Å². The van der Waals surface area contributed by atoms with Crippen LogP contribution in [0, 0.1) is 6.92 Å². The van der Waals surface area contributed by atoms with Crippen LogP contribution in [0.15, 0.2) is 82.7 Å². The molecule has 0 aliphatic rings. The van der Waals surface area contributed by atoms with Crippen LogP contribution in [0.25, 0.3) is 16.6 Å². The number of aryl methyl sites for hydroxylation is 1. The number of aromatic nitrogens is 2. The summed E-state index contributed by atoms with van der Waals surface area (Å²) >= 11 is 1.25. The van der Waals surface area contributed by atoms with Crippen molar-refractivity contribution in [1.82, 2.24) is 9.55 Å². The first-order chi connectivity index (χ1) is 16.0. The lowest BCUT2D eigenvalue weighted by Crippen LogP contribution is -2.26. The van der Waals surface area contributed by atoms with Crippen LogP contribution in [0.1, 0.15) is 19.4 Å². The van der Waals surface area contributed by atoms with Crippen molar-refractivity contribution in [2.75, 3.05) is 11.9 Å². The highest BCUT2D eigenvalue weighted by molar-refractivity contribution is 8.00. The van der Waals surface area contributed by atoms with Crippen molar-refractivity contribution in [3.8, 4) is 11.4 Å². The maximum Gasteiger partial charge on any atom is 0.266 e. The van der Waals surface area contributed by atoms with Gasteiger partial charge in [-0.3, -0.25) is 14.2 Å². The number of nitrogens with zero attached hydrogens (tertiary/aromatic N) is 2. The highest BCUT2D eigenvalue weighted by Crippen LogP contribution is 2.26. The fourth-order valence-electron chi connectivity index (χ4n) is 3.44. The number of hydrogen-bond donors (Lipinski definition) is 1. The summed E-state index contributed by atoms with van der Waals surface area (Å²) in [5.74, 6) is 0.572. The molecule has 7 heteroatoms. The number of ether oxygens (including phenoxy) is 1. The quantitative estimate of drug-likeness (QED) is 0.303. The number of carbonyl (C=O) groups is 1. The first-order valence-electron chi connectivity index (χ1n) is 10.8. The van der Waals surface area contributed by atoms with Crippen molar-refractivity contribution in [2.24, 2.45) is 0 Å². The second-order valence-corrected chi connectivity index (χ2v) is 8.91. The molecule has 0 fully saturated rings. The number of benzene rings is 3. The van der Waals surface area contributed by atoms with E-state index in [2.05, 4.69) is 5.32 Å². The molecule has 0 radical (unpaired) electrons. The summed E-state index contributed by atoms with van der Waals surface area (Å²) in [5, 5.41) is 3.44. The van der Waals surface area contributed by atoms with Crippen LogP contribution in [-0.4, -0.2) is 27.3 Å². The molecule has 1 unspecified atom stereocenters. The zero-order valence-electron chi connectivity index (χ0n) is 18.7. The number of para-hydroxylation sites is 1. The van der Waals surface area contributed by atoms with Gasteiger partial charge in [-0.25, -0.2) is 4.98 Å². The zero-order valence-corrected chi connectivity index (χ0v) is 19.6. The summed E-state index contributed by atoms with van der Waals surface area (Å²) in [4.78, 5) is 31.0. The molecule has 1 N–H and O–H groups in total. The molecule has 33 heavy (non-hydrogen) atoms. The number of nitrogens with one attached hydrogen (secondary N) is 1. The number of rotatable bonds is 7. The highest BCUT2D eigenvalue weighted by atomic mass is 32.2. The minimum atomic E-state index is -0.485. The average Bonchev–Trinajstić information content (AvgIpc) is 2.80. The van der Waals surface area contributed by atoms with Gasteiger partial charge in [0.25, 0.3) is 5.56 Å². The Balaban J connectivity index is 1.65. The van der Waals surface area contributed by atoms with E-state index in [0.29, 0.717) is 28.4 Å². The van der Waals surface area contributed by atoms with Crippen LogP contribution in [0.4, 0.5) is 5.69 Å². The second kappa shape index (κ2) is 9.92. The number of hydrogen-bond acceptors (Lipinski definition) is 5. The standard InChI is InChI=1S/C26H25N3O3S/c1-4-32-21-14-12-19(13-15-21)27-24(30)18(3)33-26-28-23-11-6-5-10-22(23)25(31)29(26)20-9-7-8-17(2)16-20/h5-16,18H,4H2,1-3H3,(H,27,30). The summed E-state index contributed by atoms with van der Waals surface area (Å²) in [6.07, 6.45) is 0. The molecule has 1 heterocycles. The SMILES string of the molecule is CCOc1ccc(NC(=O)C(C)Sc2nc3ccccc3c(=O)n2-c2cccc(C)c2)cc1. The van der Waals surface area contributed by atoms with E-state index in [1.165, 1.54) is 11.8 Å². The zero-order chi connectivity index (χ0) is 23.4. The minimum absolute atomic E-state index is 0.159. The van der Waals surface area contributed by atoms with E-state index in [1.54, 1.807) is 29.7 Å². The van der Waals surface area contributed by atoms with Gasteiger partial charge in [-0.1, -0.05) is 36.0 Å². The van der Waals surface area contributed by atoms with Crippen molar-refractivity contribution in [3.05, 3.63) is 88.7 Å². The number of carbonyl (C=O) groups excluding carboxylic acids is 1. The number of amides is 1. The molecule has 6 nitrogen and oxygen atoms in total. The van der Waals surface area contributed by atoms with Crippen LogP contribution in [-0.2, 0) is 4.79 Å². The Bertz CT molecular complexity index is 1350. The van der Waals surface area contributed by atoms with Crippen LogP contribution in [0.5, 0.6) is 5.75 Å². The van der Waals surface area contributed by atoms with E-state index >= 15 is 0 Å². The molecule has 0 aliphatic heterocycles. The third kappa shape index (κ3) is 5.09. The van der Waals surface area contributed by atoms with E-state index in [-0.39, 0.29) is 11.5 Å². The van der Waals surface area contributed by atoms with Gasteiger partial charge < -0.3 is 10.1 Å². The smallest absolute Gasteiger partial charge is 0.266 e.